The Labute approximate surface area is 116 Å². The van der Waals surface area contributed by atoms with Crippen LogP contribution in [0.15, 0.2) is 36.4 Å². The van der Waals surface area contributed by atoms with Crippen molar-refractivity contribution in [2.24, 2.45) is 5.92 Å². The number of carbonyl (C=O) groups excluding carboxylic acids is 1. The third kappa shape index (κ3) is 4.34. The first-order valence-electron chi connectivity index (χ1n) is 7.55. The molecule has 0 bridgehead atoms. The number of ketones is 1. The van der Waals surface area contributed by atoms with E-state index in [-0.39, 0.29) is 5.78 Å². The number of carbonyl (C=O) groups is 1. The SMILES string of the molecule is CC(=O)/C=C(\c1ccccc1)C1CCCCCCC1. The molecule has 0 unspecified atom stereocenters. The van der Waals surface area contributed by atoms with Crippen LogP contribution in [0.4, 0.5) is 0 Å². The van der Waals surface area contributed by atoms with Crippen molar-refractivity contribution in [3.63, 3.8) is 0 Å². The Morgan fingerprint density at radius 3 is 2.16 bits per heavy atom. The molecule has 1 aromatic carbocycles. The van der Waals surface area contributed by atoms with E-state index in [0.717, 1.165) is 0 Å². The molecule has 0 saturated heterocycles. The van der Waals surface area contributed by atoms with Crippen molar-refractivity contribution in [3.8, 4) is 0 Å². The molecule has 1 nitrogen and oxygen atoms in total. The molecule has 1 saturated carbocycles. The molecule has 0 amide bonds. The van der Waals surface area contributed by atoms with Crippen molar-refractivity contribution in [2.75, 3.05) is 0 Å². The topological polar surface area (TPSA) is 17.1 Å². The second-order valence-electron chi connectivity index (χ2n) is 5.62. The van der Waals surface area contributed by atoms with Gasteiger partial charge in [-0.25, -0.2) is 0 Å². The number of hydrogen-bond acceptors (Lipinski definition) is 1. The molecule has 0 aliphatic heterocycles. The van der Waals surface area contributed by atoms with Crippen LogP contribution in [0, 0.1) is 5.92 Å². The van der Waals surface area contributed by atoms with E-state index < -0.39 is 0 Å². The fourth-order valence-corrected chi connectivity index (χ4v) is 3.05. The minimum absolute atomic E-state index is 0.168. The monoisotopic (exact) mass is 256 g/mol. The summed E-state index contributed by atoms with van der Waals surface area (Å²) < 4.78 is 0. The van der Waals surface area contributed by atoms with Crippen molar-refractivity contribution in [2.45, 2.75) is 51.9 Å². The summed E-state index contributed by atoms with van der Waals surface area (Å²) in [5, 5.41) is 0. The van der Waals surface area contributed by atoms with Crippen molar-refractivity contribution in [1.29, 1.82) is 0 Å². The summed E-state index contributed by atoms with van der Waals surface area (Å²) in [7, 11) is 0. The van der Waals surface area contributed by atoms with Crippen LogP contribution in [0.5, 0.6) is 0 Å². The molecule has 1 fully saturated rings. The highest BCUT2D eigenvalue weighted by atomic mass is 16.1. The molecule has 1 aliphatic carbocycles. The number of benzene rings is 1. The van der Waals surface area contributed by atoms with Crippen LogP contribution in [-0.2, 0) is 4.79 Å². The molecule has 0 spiro atoms. The van der Waals surface area contributed by atoms with Gasteiger partial charge in [0.2, 0.25) is 0 Å². The van der Waals surface area contributed by atoms with Gasteiger partial charge in [-0.15, -0.1) is 0 Å². The maximum Gasteiger partial charge on any atom is 0.152 e. The Bertz CT molecular complexity index is 422. The van der Waals surface area contributed by atoms with Crippen molar-refractivity contribution in [1.82, 2.24) is 0 Å². The van der Waals surface area contributed by atoms with Crippen LogP contribution in [0.25, 0.3) is 5.57 Å². The molecule has 0 atom stereocenters. The third-order valence-electron chi connectivity index (χ3n) is 4.01. The Morgan fingerprint density at radius 2 is 1.58 bits per heavy atom. The lowest BCUT2D eigenvalue weighted by molar-refractivity contribution is -0.112. The molecule has 1 aliphatic rings. The molecule has 2 rings (SSSR count). The third-order valence-corrected chi connectivity index (χ3v) is 4.01. The van der Waals surface area contributed by atoms with Gasteiger partial charge < -0.3 is 0 Å². The zero-order valence-corrected chi connectivity index (χ0v) is 11.9. The van der Waals surface area contributed by atoms with E-state index in [0.29, 0.717) is 5.92 Å². The highest BCUT2D eigenvalue weighted by molar-refractivity contribution is 5.95. The average Bonchev–Trinajstić information content (AvgIpc) is 2.37. The lowest BCUT2D eigenvalue weighted by Crippen LogP contribution is -2.08. The van der Waals surface area contributed by atoms with Crippen LogP contribution < -0.4 is 0 Å². The second-order valence-corrected chi connectivity index (χ2v) is 5.62. The summed E-state index contributed by atoms with van der Waals surface area (Å²) in [5.41, 5.74) is 2.48. The lowest BCUT2D eigenvalue weighted by atomic mass is 9.82. The lowest BCUT2D eigenvalue weighted by Gasteiger charge is -2.23. The fourth-order valence-electron chi connectivity index (χ4n) is 3.05. The van der Waals surface area contributed by atoms with Crippen LogP contribution in [-0.4, -0.2) is 5.78 Å². The first-order chi connectivity index (χ1) is 9.27. The standard InChI is InChI=1S/C18H24O/c1-15(19)14-18(17-12-8-5-9-13-17)16-10-6-3-2-4-7-11-16/h5,8-9,12-14,16H,2-4,6-7,10-11H2,1H3/b18-14-. The summed E-state index contributed by atoms with van der Waals surface area (Å²) in [6.07, 6.45) is 11.0. The van der Waals surface area contributed by atoms with Gasteiger partial charge in [-0.3, -0.25) is 4.79 Å². The maximum absolute atomic E-state index is 11.5. The van der Waals surface area contributed by atoms with Crippen molar-refractivity contribution in [3.05, 3.63) is 42.0 Å². The molecule has 1 aromatic rings. The van der Waals surface area contributed by atoms with E-state index in [2.05, 4.69) is 24.3 Å². The Kier molecular flexibility index (Phi) is 5.38. The average molecular weight is 256 g/mol. The first kappa shape index (κ1) is 14.0. The summed E-state index contributed by atoms with van der Waals surface area (Å²) in [6.45, 7) is 1.66. The van der Waals surface area contributed by atoms with E-state index >= 15 is 0 Å². The van der Waals surface area contributed by atoms with Crippen LogP contribution in [0.2, 0.25) is 0 Å². The van der Waals surface area contributed by atoms with Crippen LogP contribution in [0.1, 0.15) is 57.4 Å². The van der Waals surface area contributed by atoms with E-state index in [1.54, 1.807) is 6.92 Å². The fraction of sp³-hybridized carbons (Fsp3) is 0.500. The van der Waals surface area contributed by atoms with Crippen molar-refractivity contribution >= 4 is 11.4 Å². The van der Waals surface area contributed by atoms with Crippen LogP contribution in [0.3, 0.4) is 0 Å². The van der Waals surface area contributed by atoms with Gasteiger partial charge in [0.1, 0.15) is 0 Å². The molecule has 0 N–H and O–H groups in total. The Morgan fingerprint density at radius 1 is 1.00 bits per heavy atom. The quantitative estimate of drug-likeness (QED) is 0.694. The minimum Gasteiger partial charge on any atom is -0.295 e. The molecule has 19 heavy (non-hydrogen) atoms. The zero-order chi connectivity index (χ0) is 13.5. The molecule has 0 radical (unpaired) electrons. The predicted octanol–water partition coefficient (Wildman–Crippen LogP) is 5.02. The van der Waals surface area contributed by atoms with Gasteiger partial charge in [-0.05, 0) is 42.9 Å². The second kappa shape index (κ2) is 7.28. The van der Waals surface area contributed by atoms with E-state index in [4.69, 9.17) is 0 Å². The van der Waals surface area contributed by atoms with E-state index in [9.17, 15) is 4.79 Å². The van der Waals surface area contributed by atoms with Gasteiger partial charge in [0, 0.05) is 0 Å². The van der Waals surface area contributed by atoms with Gasteiger partial charge in [0.05, 0.1) is 0 Å². The van der Waals surface area contributed by atoms with Gasteiger partial charge in [0.15, 0.2) is 5.78 Å². The van der Waals surface area contributed by atoms with E-state index in [1.165, 1.54) is 56.1 Å². The maximum atomic E-state index is 11.5. The largest absolute Gasteiger partial charge is 0.295 e. The Hall–Kier alpha value is -1.37. The Balaban J connectivity index is 2.24. The van der Waals surface area contributed by atoms with Gasteiger partial charge in [-0.2, -0.15) is 0 Å². The first-order valence-corrected chi connectivity index (χ1v) is 7.55. The summed E-state index contributed by atoms with van der Waals surface area (Å²) in [6, 6.07) is 10.4. The van der Waals surface area contributed by atoms with Crippen LogP contribution >= 0.6 is 0 Å². The normalized spacial score (nSPS) is 18.7. The number of rotatable bonds is 3. The van der Waals surface area contributed by atoms with Gasteiger partial charge in [0.25, 0.3) is 0 Å². The predicted molar refractivity (Wildman–Crippen MR) is 80.9 cm³/mol. The molecular weight excluding hydrogens is 232 g/mol. The highest BCUT2D eigenvalue weighted by Crippen LogP contribution is 2.33. The molecule has 1 heteroatoms. The summed E-state index contributed by atoms with van der Waals surface area (Å²) in [4.78, 5) is 11.5. The molecule has 0 heterocycles. The molecule has 0 aromatic heterocycles. The van der Waals surface area contributed by atoms with Gasteiger partial charge >= 0.3 is 0 Å². The van der Waals surface area contributed by atoms with Crippen molar-refractivity contribution < 1.29 is 4.79 Å². The van der Waals surface area contributed by atoms with Gasteiger partial charge in [-0.1, -0.05) is 62.4 Å². The number of allylic oxidation sites excluding steroid dienone is 2. The summed E-state index contributed by atoms with van der Waals surface area (Å²) in [5.74, 6) is 0.729. The zero-order valence-electron chi connectivity index (χ0n) is 11.9. The highest BCUT2D eigenvalue weighted by Gasteiger charge is 2.17. The smallest absolute Gasteiger partial charge is 0.152 e. The summed E-state index contributed by atoms with van der Waals surface area (Å²) >= 11 is 0. The molecule has 102 valence electrons. The number of hydrogen-bond donors (Lipinski definition) is 0. The van der Waals surface area contributed by atoms with E-state index in [1.807, 2.05) is 12.1 Å². The molecular formula is C18H24O. The minimum atomic E-state index is 0.168.